The van der Waals surface area contributed by atoms with Crippen LogP contribution in [0.4, 0.5) is 5.69 Å². The third kappa shape index (κ3) is 6.37. The van der Waals surface area contributed by atoms with E-state index in [4.69, 9.17) is 4.74 Å². The van der Waals surface area contributed by atoms with E-state index >= 15 is 0 Å². The number of hydrogen-bond acceptors (Lipinski definition) is 6. The number of carbonyl (C=O) groups excluding carboxylic acids is 1. The molecule has 0 fully saturated rings. The number of nitro benzene ring substituents is 1. The van der Waals surface area contributed by atoms with Crippen molar-refractivity contribution in [1.29, 1.82) is 0 Å². The van der Waals surface area contributed by atoms with Crippen molar-refractivity contribution in [3.8, 4) is 0 Å². The second-order valence-electron chi connectivity index (χ2n) is 7.56. The first-order valence-electron chi connectivity index (χ1n) is 8.96. The minimum absolute atomic E-state index is 0.0717. The van der Waals surface area contributed by atoms with Gasteiger partial charge in [0.2, 0.25) is 10.0 Å². The minimum atomic E-state index is -3.91. The van der Waals surface area contributed by atoms with Crippen molar-refractivity contribution < 1.29 is 22.9 Å². The lowest BCUT2D eigenvalue weighted by Gasteiger charge is -2.19. The topological polar surface area (TPSA) is 116 Å². The zero-order valence-corrected chi connectivity index (χ0v) is 17.6. The first-order valence-corrected chi connectivity index (χ1v) is 10.4. The molecule has 0 atom stereocenters. The van der Waals surface area contributed by atoms with E-state index in [0.29, 0.717) is 17.5 Å². The molecule has 156 valence electrons. The van der Waals surface area contributed by atoms with E-state index in [1.54, 1.807) is 52.0 Å². The van der Waals surface area contributed by atoms with Gasteiger partial charge in [0.1, 0.15) is 5.60 Å². The highest BCUT2D eigenvalue weighted by atomic mass is 32.2. The van der Waals surface area contributed by atoms with E-state index in [2.05, 4.69) is 4.72 Å². The molecule has 0 aliphatic carbocycles. The van der Waals surface area contributed by atoms with Gasteiger partial charge in [-0.25, -0.2) is 17.9 Å². The van der Waals surface area contributed by atoms with Gasteiger partial charge in [0.15, 0.2) is 0 Å². The van der Waals surface area contributed by atoms with Gasteiger partial charge in [0, 0.05) is 18.7 Å². The van der Waals surface area contributed by atoms with Crippen LogP contribution in [0.5, 0.6) is 0 Å². The summed E-state index contributed by atoms with van der Waals surface area (Å²) in [5.74, 6) is -0.452. The van der Waals surface area contributed by atoms with Crippen molar-refractivity contribution in [3.05, 3.63) is 69.3 Å². The van der Waals surface area contributed by atoms with Crippen LogP contribution in [0, 0.1) is 17.0 Å². The van der Waals surface area contributed by atoms with E-state index in [0.717, 1.165) is 11.6 Å². The number of ether oxygens (including phenoxy) is 1. The normalized spacial score (nSPS) is 11.9. The van der Waals surface area contributed by atoms with Gasteiger partial charge in [0.25, 0.3) is 5.69 Å². The average molecular weight is 420 g/mol. The predicted molar refractivity (Wildman–Crippen MR) is 108 cm³/mol. The number of nitrogens with one attached hydrogen (secondary N) is 1. The standard InChI is InChI=1S/C20H24N2O6S/c1-14-8-9-17(22(24)25)13-18(14)29(26,27)21-11-10-15-6-5-7-16(12-15)19(23)28-20(2,3)4/h5-9,12-13,21H,10-11H2,1-4H3. The fourth-order valence-corrected chi connectivity index (χ4v) is 3.88. The van der Waals surface area contributed by atoms with Crippen LogP contribution in [0.1, 0.15) is 42.3 Å². The molecule has 8 nitrogen and oxygen atoms in total. The fourth-order valence-electron chi connectivity index (χ4n) is 2.59. The summed E-state index contributed by atoms with van der Waals surface area (Å²) < 4.78 is 32.9. The van der Waals surface area contributed by atoms with Crippen LogP contribution < -0.4 is 4.72 Å². The third-order valence-corrected chi connectivity index (χ3v) is 5.54. The van der Waals surface area contributed by atoms with Gasteiger partial charge in [0.05, 0.1) is 15.4 Å². The van der Waals surface area contributed by atoms with Gasteiger partial charge < -0.3 is 4.74 Å². The number of rotatable bonds is 7. The summed E-state index contributed by atoms with van der Waals surface area (Å²) in [6.45, 7) is 6.98. The summed E-state index contributed by atoms with van der Waals surface area (Å²) in [7, 11) is -3.91. The van der Waals surface area contributed by atoms with Crippen LogP contribution in [-0.2, 0) is 21.2 Å². The highest BCUT2D eigenvalue weighted by Crippen LogP contribution is 2.21. The Balaban J connectivity index is 2.08. The molecule has 0 aliphatic rings. The van der Waals surface area contributed by atoms with Crippen molar-refractivity contribution in [1.82, 2.24) is 4.72 Å². The maximum atomic E-state index is 12.5. The van der Waals surface area contributed by atoms with Crippen LogP contribution in [0.25, 0.3) is 0 Å². The summed E-state index contributed by atoms with van der Waals surface area (Å²) >= 11 is 0. The zero-order valence-electron chi connectivity index (χ0n) is 16.8. The number of esters is 1. The van der Waals surface area contributed by atoms with Crippen LogP contribution in [0.2, 0.25) is 0 Å². The quantitative estimate of drug-likeness (QED) is 0.417. The molecule has 29 heavy (non-hydrogen) atoms. The number of carbonyl (C=O) groups is 1. The van der Waals surface area contributed by atoms with E-state index in [1.807, 2.05) is 0 Å². The lowest BCUT2D eigenvalue weighted by Crippen LogP contribution is -2.27. The lowest BCUT2D eigenvalue weighted by atomic mass is 10.1. The van der Waals surface area contributed by atoms with Gasteiger partial charge in [-0.2, -0.15) is 0 Å². The molecule has 0 unspecified atom stereocenters. The highest BCUT2D eigenvalue weighted by Gasteiger charge is 2.21. The zero-order chi connectivity index (χ0) is 21.8. The molecule has 9 heteroatoms. The van der Waals surface area contributed by atoms with Crippen molar-refractivity contribution in [2.75, 3.05) is 6.54 Å². The molecule has 0 aromatic heterocycles. The second-order valence-corrected chi connectivity index (χ2v) is 9.29. The number of nitro groups is 1. The van der Waals surface area contributed by atoms with Crippen LogP contribution in [0.3, 0.4) is 0 Å². The molecule has 0 amide bonds. The molecule has 2 aromatic carbocycles. The van der Waals surface area contributed by atoms with Crippen molar-refractivity contribution >= 4 is 21.7 Å². The number of sulfonamides is 1. The van der Waals surface area contributed by atoms with E-state index < -0.39 is 26.5 Å². The molecule has 0 spiro atoms. The molecule has 0 saturated heterocycles. The Morgan fingerprint density at radius 2 is 1.86 bits per heavy atom. The Labute approximate surface area is 170 Å². The number of aryl methyl sites for hydroxylation is 1. The second kappa shape index (κ2) is 8.71. The average Bonchev–Trinajstić information content (AvgIpc) is 2.60. The lowest BCUT2D eigenvalue weighted by molar-refractivity contribution is -0.385. The third-order valence-electron chi connectivity index (χ3n) is 3.94. The summed E-state index contributed by atoms with van der Waals surface area (Å²) in [6, 6.07) is 10.5. The molecule has 0 bridgehead atoms. The maximum absolute atomic E-state index is 12.5. The Bertz CT molecular complexity index is 1030. The fraction of sp³-hybridized carbons (Fsp3) is 0.350. The smallest absolute Gasteiger partial charge is 0.338 e. The van der Waals surface area contributed by atoms with Crippen molar-refractivity contribution in [2.45, 2.75) is 44.6 Å². The van der Waals surface area contributed by atoms with Gasteiger partial charge in [-0.15, -0.1) is 0 Å². The molecule has 0 aliphatic heterocycles. The molecule has 0 heterocycles. The molecule has 2 aromatic rings. The van der Waals surface area contributed by atoms with Gasteiger partial charge in [-0.3, -0.25) is 10.1 Å². The summed E-state index contributed by atoms with van der Waals surface area (Å²) in [6.07, 6.45) is 0.337. The minimum Gasteiger partial charge on any atom is -0.456 e. The SMILES string of the molecule is Cc1ccc([N+](=O)[O-])cc1S(=O)(=O)NCCc1cccc(C(=O)OC(C)(C)C)c1. The van der Waals surface area contributed by atoms with Crippen LogP contribution >= 0.6 is 0 Å². The molecule has 2 rings (SSSR count). The predicted octanol–water partition coefficient (Wildman–Crippen LogP) is 3.38. The van der Waals surface area contributed by atoms with Crippen molar-refractivity contribution in [2.24, 2.45) is 0 Å². The van der Waals surface area contributed by atoms with Gasteiger partial charge in [-0.05, 0) is 57.4 Å². The summed E-state index contributed by atoms with van der Waals surface area (Å²) in [5, 5.41) is 10.9. The number of hydrogen-bond donors (Lipinski definition) is 1. The number of benzene rings is 2. The van der Waals surface area contributed by atoms with Crippen LogP contribution in [0.15, 0.2) is 47.4 Å². The Morgan fingerprint density at radius 3 is 2.48 bits per heavy atom. The Kier molecular flexibility index (Phi) is 6.76. The van der Waals surface area contributed by atoms with E-state index in [-0.39, 0.29) is 17.1 Å². The molecular weight excluding hydrogens is 396 g/mol. The summed E-state index contributed by atoms with van der Waals surface area (Å²) in [5.41, 5.74) is 0.650. The number of non-ortho nitro benzene ring substituents is 1. The molecule has 0 saturated carbocycles. The first-order chi connectivity index (χ1) is 13.4. The summed E-state index contributed by atoms with van der Waals surface area (Å²) in [4.78, 5) is 22.3. The van der Waals surface area contributed by atoms with Crippen molar-refractivity contribution in [3.63, 3.8) is 0 Å². The maximum Gasteiger partial charge on any atom is 0.338 e. The largest absolute Gasteiger partial charge is 0.456 e. The van der Waals surface area contributed by atoms with E-state index in [1.165, 1.54) is 12.1 Å². The Hall–Kier alpha value is -2.78. The molecular formula is C20H24N2O6S. The number of nitrogens with zero attached hydrogens (tertiary/aromatic N) is 1. The van der Waals surface area contributed by atoms with Crippen LogP contribution in [-0.4, -0.2) is 31.5 Å². The highest BCUT2D eigenvalue weighted by molar-refractivity contribution is 7.89. The molecule has 0 radical (unpaired) electrons. The Morgan fingerprint density at radius 1 is 1.17 bits per heavy atom. The molecule has 1 N–H and O–H groups in total. The van der Waals surface area contributed by atoms with Gasteiger partial charge in [-0.1, -0.05) is 18.2 Å². The van der Waals surface area contributed by atoms with E-state index in [9.17, 15) is 23.3 Å². The first kappa shape index (κ1) is 22.5. The monoisotopic (exact) mass is 420 g/mol. The van der Waals surface area contributed by atoms with Gasteiger partial charge >= 0.3 is 5.97 Å².